The van der Waals surface area contributed by atoms with Crippen molar-refractivity contribution in [2.75, 3.05) is 20.1 Å². The predicted octanol–water partition coefficient (Wildman–Crippen LogP) is 1.71. The molecule has 1 heterocycles. The Balaban J connectivity index is 2.30. The Bertz CT molecular complexity index is 145. The van der Waals surface area contributed by atoms with Crippen molar-refractivity contribution >= 4 is 0 Å². The van der Waals surface area contributed by atoms with Crippen LogP contribution in [0.3, 0.4) is 0 Å². The van der Waals surface area contributed by atoms with E-state index in [0.29, 0.717) is 6.04 Å². The van der Waals surface area contributed by atoms with Crippen molar-refractivity contribution in [3.8, 4) is 0 Å². The van der Waals surface area contributed by atoms with E-state index in [1.54, 1.807) is 0 Å². The minimum Gasteiger partial charge on any atom is -0.310 e. The quantitative estimate of drug-likeness (QED) is 0.715. The van der Waals surface area contributed by atoms with Crippen molar-refractivity contribution in [2.24, 2.45) is 5.92 Å². The molecule has 2 nitrogen and oxygen atoms in total. The van der Waals surface area contributed by atoms with Crippen molar-refractivity contribution in [1.29, 1.82) is 0 Å². The van der Waals surface area contributed by atoms with Gasteiger partial charge in [-0.05, 0) is 32.4 Å². The highest BCUT2D eigenvalue weighted by Crippen LogP contribution is 2.12. The van der Waals surface area contributed by atoms with Crippen LogP contribution in [-0.2, 0) is 0 Å². The molecule has 1 saturated heterocycles. The molecule has 1 rings (SSSR count). The minimum absolute atomic E-state index is 0.705. The van der Waals surface area contributed by atoms with Gasteiger partial charge >= 0.3 is 0 Å². The molecule has 0 aromatic carbocycles. The molecular weight excluding hydrogens is 160 g/mol. The third-order valence-electron chi connectivity index (χ3n) is 3.09. The van der Waals surface area contributed by atoms with Crippen LogP contribution in [0.25, 0.3) is 0 Å². The summed E-state index contributed by atoms with van der Waals surface area (Å²) in [6.45, 7) is 9.37. The van der Waals surface area contributed by atoms with Crippen LogP contribution in [0, 0.1) is 5.92 Å². The van der Waals surface area contributed by atoms with Crippen LogP contribution < -0.4 is 5.32 Å². The Morgan fingerprint density at radius 3 is 2.54 bits per heavy atom. The van der Waals surface area contributed by atoms with Crippen LogP contribution in [0.5, 0.6) is 0 Å². The predicted molar refractivity (Wildman–Crippen MR) is 58.0 cm³/mol. The molecule has 0 aromatic rings. The maximum atomic E-state index is 3.75. The summed E-state index contributed by atoms with van der Waals surface area (Å²) < 4.78 is 0. The number of likely N-dealkylation sites (tertiary alicyclic amines) is 1. The Morgan fingerprint density at radius 2 is 2.15 bits per heavy atom. The van der Waals surface area contributed by atoms with Crippen LogP contribution in [0.2, 0.25) is 0 Å². The van der Waals surface area contributed by atoms with Crippen LogP contribution >= 0.6 is 0 Å². The summed E-state index contributed by atoms with van der Waals surface area (Å²) >= 11 is 0. The van der Waals surface area contributed by atoms with Crippen LogP contribution in [0.15, 0.2) is 0 Å². The Kier molecular flexibility index (Phi) is 4.20. The highest BCUT2D eigenvalue weighted by atomic mass is 15.2. The molecule has 2 heteroatoms. The van der Waals surface area contributed by atoms with Crippen molar-refractivity contribution in [3.63, 3.8) is 0 Å². The van der Waals surface area contributed by atoms with Gasteiger partial charge in [-0.25, -0.2) is 0 Å². The number of hydrogen-bond donors (Lipinski definition) is 1. The van der Waals surface area contributed by atoms with E-state index in [-0.39, 0.29) is 0 Å². The molecule has 0 radical (unpaired) electrons. The Hall–Kier alpha value is -0.0800. The second-order valence-corrected chi connectivity index (χ2v) is 4.67. The number of hydrogen-bond acceptors (Lipinski definition) is 2. The average Bonchev–Trinajstić information content (AvgIpc) is 2.46. The monoisotopic (exact) mass is 184 g/mol. The number of nitrogens with one attached hydrogen (secondary N) is 1. The molecule has 13 heavy (non-hydrogen) atoms. The number of nitrogens with zero attached hydrogens (tertiary/aromatic N) is 1. The summed E-state index contributed by atoms with van der Waals surface area (Å²) in [5, 5.41) is 3.75. The molecule has 1 N–H and O–H groups in total. The molecule has 1 aliphatic rings. The first-order chi connectivity index (χ1) is 6.13. The molecule has 0 amide bonds. The van der Waals surface area contributed by atoms with E-state index in [1.807, 2.05) is 0 Å². The van der Waals surface area contributed by atoms with Gasteiger partial charge in [0, 0.05) is 18.6 Å². The van der Waals surface area contributed by atoms with Gasteiger partial charge in [-0.1, -0.05) is 20.8 Å². The molecule has 1 fully saturated rings. The minimum atomic E-state index is 0.705. The molecule has 0 aromatic heterocycles. The largest absolute Gasteiger partial charge is 0.310 e. The lowest BCUT2D eigenvalue weighted by Crippen LogP contribution is -2.42. The van der Waals surface area contributed by atoms with Gasteiger partial charge in [0.05, 0.1) is 0 Å². The normalized spacial score (nSPS) is 27.0. The van der Waals surface area contributed by atoms with Gasteiger partial charge in [0.15, 0.2) is 0 Å². The first kappa shape index (κ1) is 11.0. The van der Waals surface area contributed by atoms with Gasteiger partial charge in [0.25, 0.3) is 0 Å². The van der Waals surface area contributed by atoms with E-state index in [9.17, 15) is 0 Å². The third kappa shape index (κ3) is 3.28. The number of likely N-dealkylation sites (N-methyl/N-ethyl adjacent to an activating group) is 1. The first-order valence-electron chi connectivity index (χ1n) is 5.58. The zero-order valence-electron chi connectivity index (χ0n) is 9.51. The molecule has 0 spiro atoms. The highest BCUT2D eigenvalue weighted by molar-refractivity contribution is 4.82. The fraction of sp³-hybridized carbons (Fsp3) is 1.00. The molecule has 0 saturated carbocycles. The maximum Gasteiger partial charge on any atom is 0.0209 e. The van der Waals surface area contributed by atoms with Gasteiger partial charge < -0.3 is 10.2 Å². The lowest BCUT2D eigenvalue weighted by molar-refractivity contribution is 0.332. The van der Waals surface area contributed by atoms with Crippen LogP contribution in [0.1, 0.15) is 33.6 Å². The first-order valence-corrected chi connectivity index (χ1v) is 5.58. The highest BCUT2D eigenvalue weighted by Gasteiger charge is 2.22. The number of rotatable bonds is 4. The fourth-order valence-corrected chi connectivity index (χ4v) is 2.16. The van der Waals surface area contributed by atoms with Gasteiger partial charge in [-0.2, -0.15) is 0 Å². The summed E-state index contributed by atoms with van der Waals surface area (Å²) in [7, 11) is 2.21. The van der Waals surface area contributed by atoms with E-state index in [4.69, 9.17) is 0 Å². The SMILES string of the molecule is CC[C@H](N[C@H]1CCN(C)C1)C(C)C. The molecule has 0 bridgehead atoms. The van der Waals surface area contributed by atoms with E-state index in [1.165, 1.54) is 25.9 Å². The Labute approximate surface area is 82.7 Å². The lowest BCUT2D eigenvalue weighted by Gasteiger charge is -2.25. The lowest BCUT2D eigenvalue weighted by atomic mass is 10.0. The second-order valence-electron chi connectivity index (χ2n) is 4.67. The summed E-state index contributed by atoms with van der Waals surface area (Å²) in [5.74, 6) is 0.760. The van der Waals surface area contributed by atoms with E-state index in [2.05, 4.69) is 38.0 Å². The van der Waals surface area contributed by atoms with Gasteiger partial charge in [-0.15, -0.1) is 0 Å². The molecule has 1 aliphatic heterocycles. The molecule has 0 aliphatic carbocycles. The van der Waals surface area contributed by atoms with Gasteiger partial charge in [0.1, 0.15) is 0 Å². The summed E-state index contributed by atoms with van der Waals surface area (Å²) in [6, 6.07) is 1.44. The summed E-state index contributed by atoms with van der Waals surface area (Å²) in [6.07, 6.45) is 2.57. The van der Waals surface area contributed by atoms with Crippen molar-refractivity contribution in [2.45, 2.75) is 45.7 Å². The van der Waals surface area contributed by atoms with Crippen molar-refractivity contribution in [1.82, 2.24) is 10.2 Å². The molecule has 78 valence electrons. The Morgan fingerprint density at radius 1 is 1.46 bits per heavy atom. The zero-order chi connectivity index (χ0) is 9.84. The molecule has 0 unspecified atom stereocenters. The van der Waals surface area contributed by atoms with Crippen molar-refractivity contribution in [3.05, 3.63) is 0 Å². The molecule has 2 atom stereocenters. The van der Waals surface area contributed by atoms with E-state index < -0.39 is 0 Å². The molecular formula is C11H24N2. The van der Waals surface area contributed by atoms with Gasteiger partial charge in [-0.3, -0.25) is 0 Å². The standard InChI is InChI=1S/C11H24N2/c1-5-11(9(2)3)12-10-6-7-13(4)8-10/h9-12H,5-8H2,1-4H3/t10-,11-/m0/s1. The smallest absolute Gasteiger partial charge is 0.0209 e. The van der Waals surface area contributed by atoms with Crippen LogP contribution in [-0.4, -0.2) is 37.1 Å². The topological polar surface area (TPSA) is 15.3 Å². The van der Waals surface area contributed by atoms with Gasteiger partial charge in [0.2, 0.25) is 0 Å². The average molecular weight is 184 g/mol. The maximum absolute atomic E-state index is 3.75. The van der Waals surface area contributed by atoms with Crippen LogP contribution in [0.4, 0.5) is 0 Å². The fourth-order valence-electron chi connectivity index (χ4n) is 2.16. The zero-order valence-corrected chi connectivity index (χ0v) is 9.51. The summed E-state index contributed by atoms with van der Waals surface area (Å²) in [4.78, 5) is 2.41. The van der Waals surface area contributed by atoms with E-state index >= 15 is 0 Å². The third-order valence-corrected chi connectivity index (χ3v) is 3.09. The van der Waals surface area contributed by atoms with Crippen molar-refractivity contribution < 1.29 is 0 Å². The van der Waals surface area contributed by atoms with E-state index in [0.717, 1.165) is 12.0 Å². The second kappa shape index (κ2) is 4.97. The summed E-state index contributed by atoms with van der Waals surface area (Å²) in [5.41, 5.74) is 0.